The molecule has 4 nitrogen and oxygen atoms in total. The molecule has 0 saturated carbocycles. The van der Waals surface area contributed by atoms with E-state index >= 15 is 0 Å². The van der Waals surface area contributed by atoms with Crippen molar-refractivity contribution in [2.75, 3.05) is 27.9 Å². The van der Waals surface area contributed by atoms with Crippen molar-refractivity contribution in [3.05, 3.63) is 0 Å². The molecule has 4 heteroatoms. The number of methoxy groups -OCH3 is 3. The van der Waals surface area contributed by atoms with Crippen LogP contribution in [-0.2, 0) is 18.9 Å². The maximum Gasteiger partial charge on any atom is 0.123 e. The van der Waals surface area contributed by atoms with Crippen LogP contribution in [0.25, 0.3) is 0 Å². The van der Waals surface area contributed by atoms with Gasteiger partial charge in [0.05, 0.1) is 12.7 Å². The molecule has 0 bridgehead atoms. The molecule has 0 aromatic rings. The Morgan fingerprint density at radius 2 is 1.83 bits per heavy atom. The van der Waals surface area contributed by atoms with Crippen LogP contribution in [-0.4, -0.2) is 51.3 Å². The fraction of sp³-hybridized carbons (Fsp3) is 1.00. The SMILES string of the molecule is CC[C@]1(OC)[C@H](C(C)C)O[C@](C)(COC)[C@H]1OC. The van der Waals surface area contributed by atoms with Crippen molar-refractivity contribution in [3.63, 3.8) is 0 Å². The summed E-state index contributed by atoms with van der Waals surface area (Å²) in [6.07, 6.45) is 0.731. The minimum atomic E-state index is -0.468. The van der Waals surface area contributed by atoms with E-state index in [9.17, 15) is 0 Å². The van der Waals surface area contributed by atoms with E-state index in [-0.39, 0.29) is 12.2 Å². The fourth-order valence-electron chi connectivity index (χ4n) is 3.42. The largest absolute Gasteiger partial charge is 0.382 e. The molecule has 1 saturated heterocycles. The zero-order valence-corrected chi connectivity index (χ0v) is 12.8. The molecule has 1 aliphatic rings. The molecule has 0 aliphatic carbocycles. The molecule has 0 N–H and O–H groups in total. The van der Waals surface area contributed by atoms with Gasteiger partial charge < -0.3 is 18.9 Å². The zero-order valence-electron chi connectivity index (χ0n) is 12.8. The smallest absolute Gasteiger partial charge is 0.123 e. The van der Waals surface area contributed by atoms with Crippen LogP contribution in [0, 0.1) is 5.92 Å². The van der Waals surface area contributed by atoms with E-state index in [4.69, 9.17) is 18.9 Å². The summed E-state index contributed by atoms with van der Waals surface area (Å²) in [6.45, 7) is 8.96. The molecule has 0 unspecified atom stereocenters. The van der Waals surface area contributed by atoms with Crippen LogP contribution in [0.4, 0.5) is 0 Å². The molecule has 1 heterocycles. The quantitative estimate of drug-likeness (QED) is 0.734. The Bertz CT molecular complexity index is 263. The molecule has 18 heavy (non-hydrogen) atoms. The molecule has 108 valence electrons. The number of rotatable bonds is 6. The second-order valence-corrected chi connectivity index (χ2v) is 5.66. The first kappa shape index (κ1) is 15.9. The molecule has 0 radical (unpaired) electrons. The number of hydrogen-bond acceptors (Lipinski definition) is 4. The van der Waals surface area contributed by atoms with Gasteiger partial charge in [-0.25, -0.2) is 0 Å². The normalized spacial score (nSPS) is 40.7. The van der Waals surface area contributed by atoms with E-state index in [0.29, 0.717) is 12.5 Å². The van der Waals surface area contributed by atoms with Gasteiger partial charge in [0.15, 0.2) is 0 Å². The van der Waals surface area contributed by atoms with Gasteiger partial charge in [0.25, 0.3) is 0 Å². The Morgan fingerprint density at radius 1 is 1.22 bits per heavy atom. The van der Waals surface area contributed by atoms with Crippen LogP contribution in [0.1, 0.15) is 34.1 Å². The third-order valence-electron chi connectivity index (χ3n) is 4.08. The van der Waals surface area contributed by atoms with Crippen LogP contribution < -0.4 is 0 Å². The lowest BCUT2D eigenvalue weighted by Crippen LogP contribution is -2.55. The van der Waals surface area contributed by atoms with Crippen LogP contribution in [0.15, 0.2) is 0 Å². The zero-order chi connectivity index (χ0) is 14.0. The Morgan fingerprint density at radius 3 is 2.17 bits per heavy atom. The van der Waals surface area contributed by atoms with Gasteiger partial charge in [-0.1, -0.05) is 20.8 Å². The predicted molar refractivity (Wildman–Crippen MR) is 70.8 cm³/mol. The highest BCUT2D eigenvalue weighted by molar-refractivity contribution is 5.11. The topological polar surface area (TPSA) is 36.9 Å². The Hall–Kier alpha value is -0.160. The first-order chi connectivity index (χ1) is 8.41. The average molecular weight is 260 g/mol. The molecule has 0 amide bonds. The summed E-state index contributed by atoms with van der Waals surface area (Å²) in [5.74, 6) is 0.362. The molecule has 0 aromatic heterocycles. The van der Waals surface area contributed by atoms with Crippen molar-refractivity contribution in [2.45, 2.75) is 57.5 Å². The molecular formula is C14H28O4. The maximum atomic E-state index is 6.28. The minimum absolute atomic E-state index is 0.0117. The molecule has 1 rings (SSSR count). The minimum Gasteiger partial charge on any atom is -0.382 e. The monoisotopic (exact) mass is 260 g/mol. The van der Waals surface area contributed by atoms with E-state index in [2.05, 4.69) is 20.8 Å². The summed E-state index contributed by atoms with van der Waals surface area (Å²) in [5, 5.41) is 0. The first-order valence-corrected chi connectivity index (χ1v) is 6.66. The van der Waals surface area contributed by atoms with E-state index in [0.717, 1.165) is 6.42 Å². The second kappa shape index (κ2) is 5.87. The summed E-state index contributed by atoms with van der Waals surface area (Å²) in [4.78, 5) is 0. The molecule has 0 spiro atoms. The summed E-state index contributed by atoms with van der Waals surface area (Å²) < 4.78 is 23.2. The summed E-state index contributed by atoms with van der Waals surface area (Å²) >= 11 is 0. The molecule has 1 fully saturated rings. The average Bonchev–Trinajstić information content (AvgIpc) is 2.58. The Labute approximate surface area is 111 Å². The van der Waals surface area contributed by atoms with Crippen LogP contribution in [0.3, 0.4) is 0 Å². The van der Waals surface area contributed by atoms with Gasteiger partial charge in [-0.3, -0.25) is 0 Å². The number of hydrogen-bond donors (Lipinski definition) is 0. The molecule has 0 aromatic carbocycles. The van der Waals surface area contributed by atoms with Gasteiger partial charge in [-0.05, 0) is 19.3 Å². The second-order valence-electron chi connectivity index (χ2n) is 5.66. The number of ether oxygens (including phenoxy) is 4. The molecule has 1 aliphatic heterocycles. The standard InChI is InChI=1S/C14H28O4/c1-8-14(17-7)11(10(2)3)18-13(4,9-15-5)12(14)16-6/h10-12H,8-9H2,1-7H3/t11-,12+,13+,14-/m0/s1. The molecule has 4 atom stereocenters. The highest BCUT2D eigenvalue weighted by Gasteiger charge is 2.62. The van der Waals surface area contributed by atoms with Crippen LogP contribution >= 0.6 is 0 Å². The lowest BCUT2D eigenvalue weighted by atomic mass is 9.79. The van der Waals surface area contributed by atoms with Crippen LogP contribution in [0.5, 0.6) is 0 Å². The maximum absolute atomic E-state index is 6.28. The van der Waals surface area contributed by atoms with Crippen molar-refractivity contribution in [1.29, 1.82) is 0 Å². The highest BCUT2D eigenvalue weighted by atomic mass is 16.6. The van der Waals surface area contributed by atoms with Crippen molar-refractivity contribution in [3.8, 4) is 0 Å². The van der Waals surface area contributed by atoms with E-state index in [1.165, 1.54) is 0 Å². The third kappa shape index (κ3) is 2.31. The fourth-order valence-corrected chi connectivity index (χ4v) is 3.42. The predicted octanol–water partition coefficient (Wildman–Crippen LogP) is 2.26. The van der Waals surface area contributed by atoms with Crippen molar-refractivity contribution in [2.24, 2.45) is 5.92 Å². The molecular weight excluding hydrogens is 232 g/mol. The van der Waals surface area contributed by atoms with E-state index < -0.39 is 11.2 Å². The lowest BCUT2D eigenvalue weighted by molar-refractivity contribution is -0.132. The van der Waals surface area contributed by atoms with Gasteiger partial charge >= 0.3 is 0 Å². The van der Waals surface area contributed by atoms with Crippen LogP contribution in [0.2, 0.25) is 0 Å². The summed E-state index contributed by atoms with van der Waals surface area (Å²) in [6, 6.07) is 0. The van der Waals surface area contributed by atoms with E-state index in [1.54, 1.807) is 21.3 Å². The van der Waals surface area contributed by atoms with Gasteiger partial charge in [-0.15, -0.1) is 0 Å². The third-order valence-corrected chi connectivity index (χ3v) is 4.08. The van der Waals surface area contributed by atoms with Crippen molar-refractivity contribution >= 4 is 0 Å². The Kier molecular flexibility index (Phi) is 5.18. The summed E-state index contributed by atoms with van der Waals surface area (Å²) in [5.41, 5.74) is -0.874. The van der Waals surface area contributed by atoms with Gasteiger partial charge in [-0.2, -0.15) is 0 Å². The lowest BCUT2D eigenvalue weighted by Gasteiger charge is -2.38. The van der Waals surface area contributed by atoms with Gasteiger partial charge in [0.2, 0.25) is 0 Å². The summed E-state index contributed by atoms with van der Waals surface area (Å²) in [7, 11) is 5.14. The first-order valence-electron chi connectivity index (χ1n) is 6.66. The van der Waals surface area contributed by atoms with Gasteiger partial charge in [0.1, 0.15) is 17.3 Å². The Balaban J connectivity index is 3.17. The highest BCUT2D eigenvalue weighted by Crippen LogP contribution is 2.46. The van der Waals surface area contributed by atoms with Crippen molar-refractivity contribution < 1.29 is 18.9 Å². The van der Waals surface area contributed by atoms with Crippen molar-refractivity contribution in [1.82, 2.24) is 0 Å². The van der Waals surface area contributed by atoms with Gasteiger partial charge in [0, 0.05) is 21.3 Å². The van der Waals surface area contributed by atoms with E-state index in [1.807, 2.05) is 6.92 Å².